The van der Waals surface area contributed by atoms with Gasteiger partial charge in [-0.1, -0.05) is 69.0 Å². The molecule has 8 heteroatoms. The third-order valence-corrected chi connectivity index (χ3v) is 6.87. The number of para-hydroxylation sites is 1. The normalized spacial score (nSPS) is 13.8. The predicted molar refractivity (Wildman–Crippen MR) is 120 cm³/mol. The van der Waals surface area contributed by atoms with Crippen molar-refractivity contribution >= 4 is 45.7 Å². The molecule has 1 saturated carbocycles. The minimum absolute atomic E-state index is 0.00977. The van der Waals surface area contributed by atoms with Crippen molar-refractivity contribution in [1.29, 1.82) is 0 Å². The summed E-state index contributed by atoms with van der Waals surface area (Å²) < 4.78 is 0.697. The van der Waals surface area contributed by atoms with Gasteiger partial charge < -0.3 is 5.32 Å². The Bertz CT molecular complexity index is 864. The number of carbonyl (C=O) groups excluding carboxylic acids is 2. The maximum Gasteiger partial charge on any atom is 0.234 e. The van der Waals surface area contributed by atoms with E-state index in [1.54, 1.807) is 11.8 Å². The highest BCUT2D eigenvalue weighted by Crippen LogP contribution is 2.36. The zero-order valence-electron chi connectivity index (χ0n) is 17.6. The van der Waals surface area contributed by atoms with E-state index < -0.39 is 0 Å². The Labute approximate surface area is 180 Å². The number of rotatable bonds is 8. The molecule has 0 aliphatic heterocycles. The van der Waals surface area contributed by atoms with E-state index in [0.29, 0.717) is 21.3 Å². The van der Waals surface area contributed by atoms with Crippen LogP contribution in [0.2, 0.25) is 0 Å². The summed E-state index contributed by atoms with van der Waals surface area (Å²) in [5, 5.41) is 12.1. The first-order valence-corrected chi connectivity index (χ1v) is 11.8. The molecule has 29 heavy (non-hydrogen) atoms. The molecule has 1 aliphatic carbocycles. The minimum Gasteiger partial charge on any atom is -0.325 e. The Morgan fingerprint density at radius 2 is 1.79 bits per heavy atom. The molecule has 0 saturated heterocycles. The predicted octanol–water partition coefficient (Wildman–Crippen LogP) is 5.03. The van der Waals surface area contributed by atoms with Crippen molar-refractivity contribution in [2.24, 2.45) is 0 Å². The van der Waals surface area contributed by atoms with E-state index >= 15 is 0 Å². The number of nitrogens with one attached hydrogen (secondary N) is 1. The maximum atomic E-state index is 12.7. The molecule has 1 N–H and O–H groups in total. The largest absolute Gasteiger partial charge is 0.325 e. The Morgan fingerprint density at radius 1 is 1.17 bits per heavy atom. The second-order valence-corrected chi connectivity index (χ2v) is 10.1. The molecule has 2 aromatic rings. The number of hydrogen-bond acceptors (Lipinski definition) is 6. The molecule has 156 valence electrons. The van der Waals surface area contributed by atoms with Gasteiger partial charge >= 0.3 is 0 Å². The van der Waals surface area contributed by atoms with Gasteiger partial charge in [-0.3, -0.25) is 14.5 Å². The maximum absolute atomic E-state index is 12.7. The van der Waals surface area contributed by atoms with Gasteiger partial charge in [-0.05, 0) is 35.8 Å². The molecule has 6 nitrogen and oxygen atoms in total. The van der Waals surface area contributed by atoms with E-state index in [0.717, 1.165) is 29.7 Å². The Kier molecular flexibility index (Phi) is 6.95. The van der Waals surface area contributed by atoms with E-state index in [4.69, 9.17) is 0 Å². The second-order valence-electron chi connectivity index (χ2n) is 7.93. The number of hydrogen-bond donors (Lipinski definition) is 1. The molecular formula is C21H28N4O2S2. The summed E-state index contributed by atoms with van der Waals surface area (Å²) in [6.45, 7) is 10.1. The van der Waals surface area contributed by atoms with Gasteiger partial charge in [0.15, 0.2) is 4.34 Å². The van der Waals surface area contributed by atoms with Gasteiger partial charge in [0.1, 0.15) is 0 Å². The Morgan fingerprint density at radius 3 is 2.31 bits per heavy atom. The molecule has 0 bridgehead atoms. The van der Waals surface area contributed by atoms with E-state index in [1.165, 1.54) is 23.1 Å². The third-order valence-electron chi connectivity index (χ3n) is 4.82. The quantitative estimate of drug-likeness (QED) is 0.468. The van der Waals surface area contributed by atoms with Crippen LogP contribution in [0.25, 0.3) is 0 Å². The summed E-state index contributed by atoms with van der Waals surface area (Å²) >= 11 is 2.72. The summed E-state index contributed by atoms with van der Waals surface area (Å²) in [6, 6.07) is 6.46. The number of amides is 2. The molecule has 1 aromatic heterocycles. The third kappa shape index (κ3) is 5.36. The number of benzene rings is 1. The summed E-state index contributed by atoms with van der Waals surface area (Å²) in [4.78, 5) is 26.3. The fourth-order valence-corrected chi connectivity index (χ4v) is 4.99. The monoisotopic (exact) mass is 432 g/mol. The van der Waals surface area contributed by atoms with Gasteiger partial charge in [-0.15, -0.1) is 10.2 Å². The number of carbonyl (C=O) groups is 2. The second kappa shape index (κ2) is 9.26. The highest BCUT2D eigenvalue weighted by molar-refractivity contribution is 8.01. The average Bonchev–Trinajstić information content (AvgIpc) is 3.37. The highest BCUT2D eigenvalue weighted by Gasteiger charge is 2.34. The van der Waals surface area contributed by atoms with Crippen molar-refractivity contribution < 1.29 is 9.59 Å². The van der Waals surface area contributed by atoms with E-state index in [2.05, 4.69) is 61.4 Å². The van der Waals surface area contributed by atoms with E-state index in [1.807, 2.05) is 0 Å². The SMILES string of the molecule is CC(=O)N(c1nnc(SCC(=O)Nc2c(C(C)C)cccc2C(C)C)s1)C1CC1. The zero-order valence-corrected chi connectivity index (χ0v) is 19.2. The van der Waals surface area contributed by atoms with E-state index in [9.17, 15) is 9.59 Å². The molecule has 1 aliphatic rings. The lowest BCUT2D eigenvalue weighted by Crippen LogP contribution is -2.30. The molecule has 0 unspecified atom stereocenters. The minimum atomic E-state index is -0.0626. The molecule has 0 atom stereocenters. The number of aromatic nitrogens is 2. The van der Waals surface area contributed by atoms with Crippen LogP contribution in [0.15, 0.2) is 22.5 Å². The van der Waals surface area contributed by atoms with Crippen LogP contribution in [0.4, 0.5) is 10.8 Å². The molecule has 1 aromatic carbocycles. The standard InChI is InChI=1S/C21H28N4O2S2/c1-12(2)16-7-6-8-17(13(3)4)19(16)22-18(27)11-28-21-24-23-20(29-21)25(14(5)26)15-9-10-15/h6-8,12-13,15H,9-11H2,1-5H3,(H,22,27). The van der Waals surface area contributed by atoms with Gasteiger partial charge in [-0.2, -0.15) is 0 Å². The Balaban J connectivity index is 1.66. The smallest absolute Gasteiger partial charge is 0.234 e. The van der Waals surface area contributed by atoms with Gasteiger partial charge in [-0.25, -0.2) is 0 Å². The fourth-order valence-electron chi connectivity index (χ4n) is 3.24. The van der Waals surface area contributed by atoms with Crippen LogP contribution in [0.5, 0.6) is 0 Å². The first-order chi connectivity index (χ1) is 13.8. The van der Waals surface area contributed by atoms with E-state index in [-0.39, 0.29) is 23.6 Å². The van der Waals surface area contributed by atoms with Crippen LogP contribution in [0.1, 0.15) is 70.4 Å². The van der Waals surface area contributed by atoms with Crippen molar-refractivity contribution in [3.8, 4) is 0 Å². The van der Waals surface area contributed by atoms with Crippen molar-refractivity contribution in [2.75, 3.05) is 16.0 Å². The van der Waals surface area contributed by atoms with Crippen LogP contribution in [0, 0.1) is 0 Å². The highest BCUT2D eigenvalue weighted by atomic mass is 32.2. The summed E-state index contributed by atoms with van der Waals surface area (Å²) in [5.74, 6) is 0.823. The summed E-state index contributed by atoms with van der Waals surface area (Å²) in [5.41, 5.74) is 3.22. The number of nitrogens with zero attached hydrogens (tertiary/aromatic N) is 3. The van der Waals surface area contributed by atoms with Gasteiger partial charge in [0, 0.05) is 18.7 Å². The van der Waals surface area contributed by atoms with Crippen molar-refractivity contribution in [2.45, 2.75) is 69.7 Å². The lowest BCUT2D eigenvalue weighted by molar-refractivity contribution is -0.116. The molecule has 1 heterocycles. The van der Waals surface area contributed by atoms with Crippen LogP contribution in [-0.2, 0) is 9.59 Å². The number of anilines is 2. The first kappa shape index (κ1) is 21.8. The van der Waals surface area contributed by atoms with Gasteiger partial charge in [0.05, 0.1) is 5.75 Å². The topological polar surface area (TPSA) is 75.2 Å². The van der Waals surface area contributed by atoms with Crippen molar-refractivity contribution in [3.05, 3.63) is 29.3 Å². The van der Waals surface area contributed by atoms with Crippen LogP contribution < -0.4 is 10.2 Å². The molecular weight excluding hydrogens is 404 g/mol. The number of thioether (sulfide) groups is 1. The zero-order chi connectivity index (χ0) is 21.1. The van der Waals surface area contributed by atoms with Crippen LogP contribution in [0.3, 0.4) is 0 Å². The molecule has 3 rings (SSSR count). The van der Waals surface area contributed by atoms with Gasteiger partial charge in [0.2, 0.25) is 16.9 Å². The first-order valence-electron chi connectivity index (χ1n) is 9.96. The molecule has 1 fully saturated rings. The molecule has 0 radical (unpaired) electrons. The lowest BCUT2D eigenvalue weighted by atomic mass is 9.92. The molecule has 0 spiro atoms. The van der Waals surface area contributed by atoms with Crippen molar-refractivity contribution in [1.82, 2.24) is 10.2 Å². The van der Waals surface area contributed by atoms with Crippen LogP contribution >= 0.6 is 23.1 Å². The molecule has 2 amide bonds. The van der Waals surface area contributed by atoms with Gasteiger partial charge in [0.25, 0.3) is 0 Å². The fraction of sp³-hybridized carbons (Fsp3) is 0.524. The van der Waals surface area contributed by atoms with Crippen molar-refractivity contribution in [3.63, 3.8) is 0 Å². The lowest BCUT2D eigenvalue weighted by Gasteiger charge is -2.20. The average molecular weight is 433 g/mol. The summed E-state index contributed by atoms with van der Waals surface area (Å²) in [7, 11) is 0. The summed E-state index contributed by atoms with van der Waals surface area (Å²) in [6.07, 6.45) is 2.02. The van der Waals surface area contributed by atoms with Crippen LogP contribution in [-0.4, -0.2) is 33.8 Å². The Hall–Kier alpha value is -1.93.